The normalized spacial score (nSPS) is 11.7. The van der Waals surface area contributed by atoms with Gasteiger partial charge < -0.3 is 4.74 Å². The monoisotopic (exact) mass is 289 g/mol. The van der Waals surface area contributed by atoms with E-state index in [1.54, 1.807) is 0 Å². The smallest absolute Gasteiger partial charge is 0.403 e. The first-order chi connectivity index (χ1) is 8.28. The summed E-state index contributed by atoms with van der Waals surface area (Å²) in [5.41, 5.74) is -2.05. The van der Waals surface area contributed by atoms with Crippen LogP contribution in [0.4, 0.5) is 22.0 Å². The second kappa shape index (κ2) is 5.47. The van der Waals surface area contributed by atoms with Gasteiger partial charge in [0.05, 0.1) is 0 Å². The Morgan fingerprint density at radius 1 is 1.44 bits per heavy atom. The first-order valence-corrected chi connectivity index (χ1v) is 4.90. The fourth-order valence-corrected chi connectivity index (χ4v) is 1.36. The third kappa shape index (κ3) is 3.52. The quantitative estimate of drug-likeness (QED) is 0.484. The van der Waals surface area contributed by atoms with Gasteiger partial charge in [0, 0.05) is 5.88 Å². The lowest BCUT2D eigenvalue weighted by molar-refractivity contribution is -0.274. The molecule has 0 unspecified atom stereocenters. The van der Waals surface area contributed by atoms with Crippen molar-refractivity contribution in [2.75, 3.05) is 0 Å². The molecular formula is C9H5ClF5NO2. The molecule has 0 aliphatic rings. The zero-order valence-corrected chi connectivity index (χ0v) is 9.23. The van der Waals surface area contributed by atoms with Gasteiger partial charge in [0.15, 0.2) is 12.0 Å². The zero-order valence-electron chi connectivity index (χ0n) is 8.47. The Morgan fingerprint density at radius 2 is 2.06 bits per heavy atom. The van der Waals surface area contributed by atoms with E-state index in [9.17, 15) is 26.7 Å². The van der Waals surface area contributed by atoms with Gasteiger partial charge in [-0.15, -0.1) is 24.8 Å². The number of hydrogen-bond donors (Lipinski definition) is 0. The van der Waals surface area contributed by atoms with E-state index in [2.05, 4.69) is 9.72 Å². The number of rotatable bonds is 4. The van der Waals surface area contributed by atoms with Crippen molar-refractivity contribution >= 4 is 17.9 Å². The highest BCUT2D eigenvalue weighted by Crippen LogP contribution is 2.30. The van der Waals surface area contributed by atoms with Crippen LogP contribution in [0, 0.1) is 0 Å². The van der Waals surface area contributed by atoms with Crippen LogP contribution in [0.3, 0.4) is 0 Å². The topological polar surface area (TPSA) is 39.2 Å². The number of aromatic nitrogens is 1. The van der Waals surface area contributed by atoms with Gasteiger partial charge >= 0.3 is 6.36 Å². The summed E-state index contributed by atoms with van der Waals surface area (Å²) in [7, 11) is 0. The summed E-state index contributed by atoms with van der Waals surface area (Å²) in [5, 5.41) is 0. The Bertz CT molecular complexity index is 449. The number of ether oxygens (including phenoxy) is 1. The van der Waals surface area contributed by atoms with Crippen molar-refractivity contribution in [2.45, 2.75) is 18.7 Å². The number of halogens is 6. The van der Waals surface area contributed by atoms with E-state index in [4.69, 9.17) is 11.6 Å². The summed E-state index contributed by atoms with van der Waals surface area (Å²) in [5.74, 6) is -1.45. The van der Waals surface area contributed by atoms with Crippen LogP contribution >= 0.6 is 11.6 Å². The molecule has 3 nitrogen and oxygen atoms in total. The predicted molar refractivity (Wildman–Crippen MR) is 50.8 cm³/mol. The first kappa shape index (κ1) is 14.6. The summed E-state index contributed by atoms with van der Waals surface area (Å²) in [6.07, 6.45) is -8.22. The maximum Gasteiger partial charge on any atom is 0.573 e. The van der Waals surface area contributed by atoms with E-state index < -0.39 is 35.8 Å². The molecule has 1 aromatic heterocycles. The molecule has 0 bridgehead atoms. The van der Waals surface area contributed by atoms with Crippen molar-refractivity contribution in [3.05, 3.63) is 23.0 Å². The molecule has 0 atom stereocenters. The SMILES string of the molecule is O=Cc1nc(C(F)F)c(CCl)cc1OC(F)(F)F. The number of carbonyl (C=O) groups excluding carboxylic acids is 1. The number of hydrogen-bond acceptors (Lipinski definition) is 3. The minimum Gasteiger partial charge on any atom is -0.403 e. The lowest BCUT2D eigenvalue weighted by Crippen LogP contribution is -2.19. The van der Waals surface area contributed by atoms with Crippen LogP contribution in [0.5, 0.6) is 5.75 Å². The Kier molecular flexibility index (Phi) is 4.44. The Labute approximate surface area is 103 Å². The minimum atomic E-state index is -5.06. The molecule has 1 heterocycles. The van der Waals surface area contributed by atoms with Crippen molar-refractivity contribution in [2.24, 2.45) is 0 Å². The molecule has 0 spiro atoms. The van der Waals surface area contributed by atoms with Crippen LogP contribution in [-0.4, -0.2) is 17.6 Å². The summed E-state index contributed by atoms with van der Waals surface area (Å²) in [6.45, 7) is 0. The predicted octanol–water partition coefficient (Wildman–Crippen LogP) is 3.47. The molecule has 0 N–H and O–H groups in total. The maximum absolute atomic E-state index is 12.5. The van der Waals surface area contributed by atoms with Crippen molar-refractivity contribution in [3.8, 4) is 5.75 Å². The second-order valence-electron chi connectivity index (χ2n) is 3.02. The fraction of sp³-hybridized carbons (Fsp3) is 0.333. The molecule has 0 saturated heterocycles. The summed E-state index contributed by atoms with van der Waals surface area (Å²) < 4.78 is 64.5. The van der Waals surface area contributed by atoms with Gasteiger partial charge in [-0.2, -0.15) is 0 Å². The molecule has 0 aliphatic heterocycles. The zero-order chi connectivity index (χ0) is 13.9. The highest BCUT2D eigenvalue weighted by Gasteiger charge is 2.33. The minimum absolute atomic E-state index is 0.106. The van der Waals surface area contributed by atoms with Gasteiger partial charge in [-0.05, 0) is 11.6 Å². The lowest BCUT2D eigenvalue weighted by atomic mass is 10.2. The molecule has 0 aromatic carbocycles. The summed E-state index contributed by atoms with van der Waals surface area (Å²) >= 11 is 5.32. The van der Waals surface area contributed by atoms with Crippen LogP contribution in [0.25, 0.3) is 0 Å². The van der Waals surface area contributed by atoms with Gasteiger partial charge in [-0.25, -0.2) is 13.8 Å². The molecule has 0 radical (unpaired) electrons. The highest BCUT2D eigenvalue weighted by atomic mass is 35.5. The van der Waals surface area contributed by atoms with E-state index in [0.29, 0.717) is 6.07 Å². The lowest BCUT2D eigenvalue weighted by Gasteiger charge is -2.13. The molecule has 100 valence electrons. The fourth-order valence-electron chi connectivity index (χ4n) is 1.15. The number of carbonyl (C=O) groups is 1. The third-order valence-electron chi connectivity index (χ3n) is 1.82. The van der Waals surface area contributed by atoms with E-state index in [0.717, 1.165) is 0 Å². The number of aldehydes is 1. The van der Waals surface area contributed by atoms with E-state index >= 15 is 0 Å². The van der Waals surface area contributed by atoms with Gasteiger partial charge in [0.1, 0.15) is 11.4 Å². The van der Waals surface area contributed by atoms with Gasteiger partial charge in [0.2, 0.25) is 0 Å². The van der Waals surface area contributed by atoms with Crippen LogP contribution < -0.4 is 4.74 Å². The summed E-state index contributed by atoms with van der Waals surface area (Å²) in [6, 6.07) is 0.624. The Hall–Kier alpha value is -1.44. The first-order valence-electron chi connectivity index (χ1n) is 4.37. The molecule has 0 aliphatic carbocycles. The standard InChI is InChI=1S/C9H5ClF5NO2/c10-2-4-1-6(18-9(13,14)15)5(3-17)16-7(4)8(11)12/h1,3,8H,2H2. The molecular weight excluding hydrogens is 285 g/mol. The van der Waals surface area contributed by atoms with Gasteiger partial charge in [0.25, 0.3) is 6.43 Å². The van der Waals surface area contributed by atoms with Crippen molar-refractivity contribution in [1.82, 2.24) is 4.98 Å². The van der Waals surface area contributed by atoms with Crippen LogP contribution in [0.1, 0.15) is 28.2 Å². The number of nitrogens with zero attached hydrogens (tertiary/aromatic N) is 1. The van der Waals surface area contributed by atoms with Crippen molar-refractivity contribution in [1.29, 1.82) is 0 Å². The molecule has 1 aromatic rings. The number of pyridine rings is 1. The van der Waals surface area contributed by atoms with Crippen LogP contribution in [0.15, 0.2) is 6.07 Å². The average Bonchev–Trinajstić information content (AvgIpc) is 2.25. The van der Waals surface area contributed by atoms with Gasteiger partial charge in [-0.3, -0.25) is 4.79 Å². The maximum atomic E-state index is 12.5. The molecule has 9 heteroatoms. The van der Waals surface area contributed by atoms with Crippen LogP contribution in [0.2, 0.25) is 0 Å². The largest absolute Gasteiger partial charge is 0.573 e. The average molecular weight is 290 g/mol. The Morgan fingerprint density at radius 3 is 2.44 bits per heavy atom. The van der Waals surface area contributed by atoms with Crippen LogP contribution in [-0.2, 0) is 5.88 Å². The van der Waals surface area contributed by atoms with E-state index in [1.807, 2.05) is 0 Å². The third-order valence-corrected chi connectivity index (χ3v) is 2.10. The molecule has 0 fully saturated rings. The van der Waals surface area contributed by atoms with Gasteiger partial charge in [-0.1, -0.05) is 0 Å². The summed E-state index contributed by atoms with van der Waals surface area (Å²) in [4.78, 5) is 13.6. The molecule has 0 saturated carbocycles. The molecule has 18 heavy (non-hydrogen) atoms. The van der Waals surface area contributed by atoms with E-state index in [1.165, 1.54) is 0 Å². The van der Waals surface area contributed by atoms with Crippen molar-refractivity contribution < 1.29 is 31.5 Å². The second-order valence-corrected chi connectivity index (χ2v) is 3.28. The Balaban J connectivity index is 3.30. The molecule has 0 amide bonds. The molecule has 1 rings (SSSR count). The van der Waals surface area contributed by atoms with Crippen molar-refractivity contribution in [3.63, 3.8) is 0 Å². The number of alkyl halides is 6. The van der Waals surface area contributed by atoms with E-state index in [-0.39, 0.29) is 11.8 Å². The highest BCUT2D eigenvalue weighted by molar-refractivity contribution is 6.17.